The highest BCUT2D eigenvalue weighted by atomic mass is 32.1. The molecule has 0 unspecified atom stereocenters. The maximum atomic E-state index is 12.6. The zero-order valence-corrected chi connectivity index (χ0v) is 20.0. The van der Waals surface area contributed by atoms with Crippen LogP contribution in [0.4, 0.5) is 11.4 Å². The Morgan fingerprint density at radius 1 is 0.882 bits per heavy atom. The van der Waals surface area contributed by atoms with Crippen molar-refractivity contribution in [1.29, 1.82) is 0 Å². The van der Waals surface area contributed by atoms with Crippen LogP contribution in [-0.2, 0) is 11.2 Å². The average molecular weight is 476 g/mol. The van der Waals surface area contributed by atoms with Crippen LogP contribution in [0.3, 0.4) is 0 Å². The molecule has 0 aromatic heterocycles. The van der Waals surface area contributed by atoms with Crippen molar-refractivity contribution >= 4 is 40.5 Å². The zero-order chi connectivity index (χ0) is 24.2. The van der Waals surface area contributed by atoms with Gasteiger partial charge in [0.25, 0.3) is 5.91 Å². The molecule has 0 bridgehead atoms. The van der Waals surface area contributed by atoms with Gasteiger partial charge in [0.1, 0.15) is 5.75 Å². The lowest BCUT2D eigenvalue weighted by molar-refractivity contribution is -0.116. The quantitative estimate of drug-likeness (QED) is 0.264. The van der Waals surface area contributed by atoms with Crippen molar-refractivity contribution in [1.82, 2.24) is 5.32 Å². The van der Waals surface area contributed by atoms with Crippen molar-refractivity contribution in [2.45, 2.75) is 32.6 Å². The molecule has 0 spiro atoms. The van der Waals surface area contributed by atoms with E-state index in [1.165, 1.54) is 0 Å². The first kappa shape index (κ1) is 24.9. The Balaban J connectivity index is 1.50. The number of hydrogen-bond acceptors (Lipinski definition) is 4. The van der Waals surface area contributed by atoms with Crippen LogP contribution < -0.4 is 20.7 Å². The number of ether oxygens (including phenoxy) is 1. The first-order valence-corrected chi connectivity index (χ1v) is 11.7. The van der Waals surface area contributed by atoms with Gasteiger partial charge in [-0.2, -0.15) is 0 Å². The number of nitrogens with one attached hydrogen (secondary N) is 3. The van der Waals surface area contributed by atoms with Gasteiger partial charge < -0.3 is 15.4 Å². The molecule has 0 saturated carbocycles. The summed E-state index contributed by atoms with van der Waals surface area (Å²) in [6.45, 7) is 2.71. The number of rotatable bonds is 10. The van der Waals surface area contributed by atoms with Crippen LogP contribution >= 0.6 is 12.2 Å². The number of carbonyl (C=O) groups excluding carboxylic acids is 2. The standard InChI is InChI=1S/C27H29N3O3S/c1-2-3-17-33-24-14-7-11-21(18-24)26(32)30-27(34)29-23-13-8-12-22(19-23)28-25(31)16-15-20-9-5-4-6-10-20/h4-14,18-19H,2-3,15-17H2,1H3,(H,28,31)(H2,29,30,32,34). The van der Waals surface area contributed by atoms with Gasteiger partial charge >= 0.3 is 0 Å². The minimum Gasteiger partial charge on any atom is -0.494 e. The molecule has 0 fully saturated rings. The number of anilines is 2. The minimum absolute atomic E-state index is 0.0714. The normalized spacial score (nSPS) is 10.3. The molecule has 0 atom stereocenters. The van der Waals surface area contributed by atoms with Gasteiger partial charge in [-0.1, -0.05) is 55.8 Å². The van der Waals surface area contributed by atoms with Crippen molar-refractivity contribution in [3.8, 4) is 5.75 Å². The number of carbonyl (C=O) groups is 2. The third-order valence-corrected chi connectivity index (χ3v) is 5.18. The summed E-state index contributed by atoms with van der Waals surface area (Å²) >= 11 is 5.30. The van der Waals surface area contributed by atoms with E-state index in [1.807, 2.05) is 36.4 Å². The number of thiocarbonyl (C=S) groups is 1. The van der Waals surface area contributed by atoms with Crippen molar-refractivity contribution in [2.75, 3.05) is 17.2 Å². The first-order valence-electron chi connectivity index (χ1n) is 11.3. The summed E-state index contributed by atoms with van der Waals surface area (Å²) in [5, 5.41) is 8.72. The van der Waals surface area contributed by atoms with Crippen LogP contribution in [0.25, 0.3) is 0 Å². The molecule has 6 nitrogen and oxygen atoms in total. The Kier molecular flexibility index (Phi) is 9.61. The molecule has 7 heteroatoms. The van der Waals surface area contributed by atoms with E-state index in [0.29, 0.717) is 42.1 Å². The van der Waals surface area contributed by atoms with E-state index in [4.69, 9.17) is 17.0 Å². The number of benzene rings is 3. The van der Waals surface area contributed by atoms with E-state index in [0.717, 1.165) is 18.4 Å². The van der Waals surface area contributed by atoms with Crippen molar-refractivity contribution in [3.63, 3.8) is 0 Å². The lowest BCUT2D eigenvalue weighted by Gasteiger charge is -2.12. The number of unbranched alkanes of at least 4 members (excludes halogenated alkanes) is 1. The molecule has 0 saturated heterocycles. The van der Waals surface area contributed by atoms with Gasteiger partial charge in [0, 0.05) is 23.4 Å². The summed E-state index contributed by atoms with van der Waals surface area (Å²) in [5.41, 5.74) is 2.88. The highest BCUT2D eigenvalue weighted by Gasteiger charge is 2.10. The zero-order valence-electron chi connectivity index (χ0n) is 19.2. The molecule has 0 heterocycles. The summed E-state index contributed by atoms with van der Waals surface area (Å²) in [7, 11) is 0. The fraction of sp³-hybridized carbons (Fsp3) is 0.222. The maximum absolute atomic E-state index is 12.6. The second kappa shape index (κ2) is 13.1. The van der Waals surface area contributed by atoms with Gasteiger partial charge in [-0.15, -0.1) is 0 Å². The minimum atomic E-state index is -0.330. The first-order chi connectivity index (χ1) is 16.5. The molecular formula is C27H29N3O3S. The Morgan fingerprint density at radius 2 is 1.62 bits per heavy atom. The second-order valence-corrected chi connectivity index (χ2v) is 8.16. The molecule has 176 valence electrons. The predicted octanol–water partition coefficient (Wildman–Crippen LogP) is 5.56. The molecule has 0 aliphatic rings. The van der Waals surface area contributed by atoms with Crippen LogP contribution in [0.5, 0.6) is 5.75 Å². The largest absolute Gasteiger partial charge is 0.494 e. The van der Waals surface area contributed by atoms with E-state index in [-0.39, 0.29) is 16.9 Å². The topological polar surface area (TPSA) is 79.5 Å². The van der Waals surface area contributed by atoms with Gasteiger partial charge in [-0.25, -0.2) is 0 Å². The number of amides is 2. The fourth-order valence-electron chi connectivity index (χ4n) is 3.20. The van der Waals surface area contributed by atoms with Gasteiger partial charge in [0.05, 0.1) is 6.61 Å². The van der Waals surface area contributed by atoms with Gasteiger partial charge in [0.15, 0.2) is 5.11 Å². The Bertz CT molecular complexity index is 1120. The molecule has 3 rings (SSSR count). The summed E-state index contributed by atoms with van der Waals surface area (Å²) in [4.78, 5) is 24.9. The van der Waals surface area contributed by atoms with Crippen LogP contribution in [0, 0.1) is 0 Å². The summed E-state index contributed by atoms with van der Waals surface area (Å²) in [5.74, 6) is 0.248. The van der Waals surface area contributed by atoms with Crippen molar-refractivity contribution in [3.05, 3.63) is 90.0 Å². The van der Waals surface area contributed by atoms with Gasteiger partial charge in [-0.05, 0) is 67.0 Å². The molecule has 3 aromatic rings. The van der Waals surface area contributed by atoms with E-state index in [9.17, 15) is 9.59 Å². The molecule has 3 aromatic carbocycles. The highest BCUT2D eigenvalue weighted by Crippen LogP contribution is 2.17. The van der Waals surface area contributed by atoms with Crippen LogP contribution in [0.15, 0.2) is 78.9 Å². The van der Waals surface area contributed by atoms with Crippen molar-refractivity contribution in [2.24, 2.45) is 0 Å². The fourth-order valence-corrected chi connectivity index (χ4v) is 3.41. The number of aryl methyl sites for hydroxylation is 1. The maximum Gasteiger partial charge on any atom is 0.257 e. The van der Waals surface area contributed by atoms with E-state index >= 15 is 0 Å². The van der Waals surface area contributed by atoms with Crippen LogP contribution in [0.2, 0.25) is 0 Å². The molecule has 3 N–H and O–H groups in total. The van der Waals surface area contributed by atoms with Gasteiger partial charge in [0.2, 0.25) is 5.91 Å². The lowest BCUT2D eigenvalue weighted by Crippen LogP contribution is -2.34. The van der Waals surface area contributed by atoms with Crippen molar-refractivity contribution < 1.29 is 14.3 Å². The predicted molar refractivity (Wildman–Crippen MR) is 140 cm³/mol. The molecule has 2 amide bonds. The van der Waals surface area contributed by atoms with E-state index in [1.54, 1.807) is 42.5 Å². The Hall–Kier alpha value is -3.71. The molecule has 0 radical (unpaired) electrons. The van der Waals surface area contributed by atoms with Crippen LogP contribution in [-0.4, -0.2) is 23.5 Å². The molecule has 0 aliphatic carbocycles. The van der Waals surface area contributed by atoms with E-state index < -0.39 is 0 Å². The lowest BCUT2D eigenvalue weighted by atomic mass is 10.1. The van der Waals surface area contributed by atoms with E-state index in [2.05, 4.69) is 22.9 Å². The molecular weight excluding hydrogens is 446 g/mol. The van der Waals surface area contributed by atoms with Crippen LogP contribution in [0.1, 0.15) is 42.1 Å². The molecule has 0 aliphatic heterocycles. The summed E-state index contributed by atoms with van der Waals surface area (Å²) < 4.78 is 5.66. The second-order valence-electron chi connectivity index (χ2n) is 7.75. The Labute approximate surface area is 205 Å². The molecule has 34 heavy (non-hydrogen) atoms. The third-order valence-electron chi connectivity index (χ3n) is 4.98. The van der Waals surface area contributed by atoms with Gasteiger partial charge in [-0.3, -0.25) is 14.9 Å². The third kappa shape index (κ3) is 8.33. The Morgan fingerprint density at radius 3 is 2.38 bits per heavy atom. The summed E-state index contributed by atoms with van der Waals surface area (Å²) in [6.07, 6.45) is 3.05. The highest BCUT2D eigenvalue weighted by molar-refractivity contribution is 7.80. The smallest absolute Gasteiger partial charge is 0.257 e. The number of hydrogen-bond donors (Lipinski definition) is 3. The summed E-state index contributed by atoms with van der Waals surface area (Å²) in [6, 6.07) is 24.1. The SMILES string of the molecule is CCCCOc1cccc(C(=O)NC(=S)Nc2cccc(NC(=O)CCc3ccccc3)c2)c1. The average Bonchev–Trinajstić information content (AvgIpc) is 2.84. The monoisotopic (exact) mass is 475 g/mol.